The summed E-state index contributed by atoms with van der Waals surface area (Å²) in [5, 5.41) is 6.29. The standard InChI is InChI=1S/C18H22FN5O4S.C18H22FN5O3S2/c1-28-15-4-3-11(19)9-13(15)16(25)14-10-21-18(23-17(14)20)22-12-5-7-24(8-6-12)29(2,26)27;1-27-15-4-3-11(19)9-13(15)16(28)14-10-21-18(23-17(14)20)22-12-5-7-24(8-6-12)29(2,25)26/h2*3-4,9-10,12H,5-8H2,1-2H3,(H3,20,21,22,23). The van der Waals surface area contributed by atoms with Crippen LogP contribution >= 0.6 is 12.2 Å². The molecule has 0 spiro atoms. The van der Waals surface area contributed by atoms with Crippen LogP contribution in [0.3, 0.4) is 0 Å². The number of nitrogens with one attached hydrogen (secondary N) is 2. The highest BCUT2D eigenvalue weighted by molar-refractivity contribution is 7.88. The van der Waals surface area contributed by atoms with Crippen molar-refractivity contribution in [2.75, 3.05) is 75.0 Å². The summed E-state index contributed by atoms with van der Waals surface area (Å²) in [5.41, 5.74) is 12.9. The van der Waals surface area contributed by atoms with Gasteiger partial charge in [0, 0.05) is 56.2 Å². The Labute approximate surface area is 340 Å². The highest BCUT2D eigenvalue weighted by Crippen LogP contribution is 2.27. The Hall–Kier alpha value is -5.16. The van der Waals surface area contributed by atoms with Gasteiger partial charge in [0.2, 0.25) is 37.7 Å². The van der Waals surface area contributed by atoms with Crippen LogP contribution in [0, 0.1) is 11.6 Å². The largest absolute Gasteiger partial charge is 0.496 e. The third-order valence-electron chi connectivity index (χ3n) is 9.45. The van der Waals surface area contributed by atoms with E-state index in [0.717, 1.165) is 6.07 Å². The van der Waals surface area contributed by atoms with Gasteiger partial charge >= 0.3 is 0 Å². The highest BCUT2D eigenvalue weighted by Gasteiger charge is 2.27. The molecule has 0 aliphatic carbocycles. The minimum atomic E-state index is -3.20. The molecule has 58 heavy (non-hydrogen) atoms. The Bertz CT molecular complexity index is 2210. The lowest BCUT2D eigenvalue weighted by Gasteiger charge is -2.30. The predicted octanol–water partition coefficient (Wildman–Crippen LogP) is 3.08. The van der Waals surface area contributed by atoms with Crippen LogP contribution in [0.25, 0.3) is 0 Å². The van der Waals surface area contributed by atoms with Crippen molar-refractivity contribution >= 4 is 66.4 Å². The molecule has 0 amide bonds. The van der Waals surface area contributed by atoms with Crippen molar-refractivity contribution in [2.24, 2.45) is 0 Å². The number of nitrogen functional groups attached to an aromatic ring is 2. The zero-order chi connectivity index (χ0) is 42.4. The van der Waals surface area contributed by atoms with Crippen LogP contribution in [0.1, 0.15) is 52.7 Å². The lowest BCUT2D eigenvalue weighted by Crippen LogP contribution is -2.42. The number of halogens is 2. The number of rotatable bonds is 12. The Balaban J connectivity index is 0.000000221. The van der Waals surface area contributed by atoms with Crippen molar-refractivity contribution in [3.05, 3.63) is 82.7 Å². The minimum absolute atomic E-state index is 0.0164. The van der Waals surface area contributed by atoms with Gasteiger partial charge in [0.05, 0.1) is 48.3 Å². The number of ether oxygens (including phenoxy) is 2. The fourth-order valence-electron chi connectivity index (χ4n) is 6.31. The first-order valence-electron chi connectivity index (χ1n) is 17.8. The Morgan fingerprint density at radius 2 is 1.10 bits per heavy atom. The van der Waals surface area contributed by atoms with Crippen LogP contribution in [-0.4, -0.2) is 121 Å². The van der Waals surface area contributed by atoms with Crippen molar-refractivity contribution in [2.45, 2.75) is 37.8 Å². The topological polar surface area (TPSA) is 238 Å². The molecule has 4 aromatic rings. The smallest absolute Gasteiger partial charge is 0.224 e. The molecule has 6 rings (SSSR count). The van der Waals surface area contributed by atoms with Gasteiger partial charge < -0.3 is 31.6 Å². The number of benzene rings is 2. The number of nitrogens with two attached hydrogens (primary N) is 2. The molecule has 0 radical (unpaired) electrons. The fourth-order valence-corrected chi connectivity index (χ4v) is 8.38. The molecule has 0 unspecified atom stereocenters. The Morgan fingerprint density at radius 3 is 1.50 bits per heavy atom. The number of piperidine rings is 2. The molecule has 2 saturated heterocycles. The minimum Gasteiger partial charge on any atom is -0.496 e. The molecule has 6 N–H and O–H groups in total. The molecule has 312 valence electrons. The second kappa shape index (κ2) is 18.6. The van der Waals surface area contributed by atoms with Gasteiger partial charge in [-0.1, -0.05) is 12.2 Å². The molecule has 2 aromatic heterocycles. The number of sulfonamides is 2. The van der Waals surface area contributed by atoms with E-state index in [4.69, 9.17) is 33.2 Å². The summed E-state index contributed by atoms with van der Waals surface area (Å²) in [6, 6.07) is 7.70. The van der Waals surface area contributed by atoms with E-state index in [9.17, 15) is 30.4 Å². The van der Waals surface area contributed by atoms with Gasteiger partial charge in [-0.05, 0) is 62.1 Å². The number of ketones is 1. The molecule has 2 aromatic carbocycles. The SMILES string of the molecule is COc1ccc(F)cc1C(=O)c1cnc(NC2CCN(S(C)(=O)=O)CC2)nc1N.COc1ccc(F)cc1C(=S)c1cnc(NC2CCN(S(C)(=O)=O)CC2)nc1N. The summed E-state index contributed by atoms with van der Waals surface area (Å²) in [6.07, 6.45) is 7.63. The van der Waals surface area contributed by atoms with Gasteiger partial charge in [-0.3, -0.25) is 4.79 Å². The molecule has 2 fully saturated rings. The quantitative estimate of drug-likeness (QED) is 0.118. The van der Waals surface area contributed by atoms with E-state index >= 15 is 0 Å². The van der Waals surface area contributed by atoms with Crippen molar-refractivity contribution in [1.29, 1.82) is 0 Å². The lowest BCUT2D eigenvalue weighted by molar-refractivity contribution is 0.103. The summed E-state index contributed by atoms with van der Waals surface area (Å²) in [7, 11) is -3.52. The zero-order valence-electron chi connectivity index (χ0n) is 32.1. The molecule has 22 heteroatoms. The Kier molecular flexibility index (Phi) is 14.1. The van der Waals surface area contributed by atoms with E-state index in [-0.39, 0.29) is 51.4 Å². The maximum atomic E-state index is 13.7. The number of aromatic nitrogens is 4. The van der Waals surface area contributed by atoms with Crippen LogP contribution in [0.4, 0.5) is 32.3 Å². The number of carbonyl (C=O) groups excluding carboxylic acids is 1. The van der Waals surface area contributed by atoms with E-state index in [1.165, 1.54) is 78.1 Å². The van der Waals surface area contributed by atoms with Crippen LogP contribution in [0.2, 0.25) is 0 Å². The van der Waals surface area contributed by atoms with Gasteiger partial charge in [0.25, 0.3) is 0 Å². The van der Waals surface area contributed by atoms with E-state index in [1.807, 2.05) is 0 Å². The van der Waals surface area contributed by atoms with Crippen LogP contribution in [0.15, 0.2) is 48.8 Å². The van der Waals surface area contributed by atoms with Gasteiger partial charge in [-0.2, -0.15) is 9.97 Å². The second-order valence-electron chi connectivity index (χ2n) is 13.5. The molecule has 17 nitrogen and oxygen atoms in total. The van der Waals surface area contributed by atoms with E-state index in [0.29, 0.717) is 74.7 Å². The van der Waals surface area contributed by atoms with Gasteiger partial charge in [-0.15, -0.1) is 0 Å². The van der Waals surface area contributed by atoms with Crippen molar-refractivity contribution in [3.8, 4) is 11.5 Å². The highest BCUT2D eigenvalue weighted by atomic mass is 32.2. The first-order valence-corrected chi connectivity index (χ1v) is 21.9. The lowest BCUT2D eigenvalue weighted by atomic mass is 10.0. The van der Waals surface area contributed by atoms with Gasteiger partial charge in [-0.25, -0.2) is 44.2 Å². The van der Waals surface area contributed by atoms with Crippen LogP contribution < -0.4 is 31.6 Å². The average molecular weight is 863 g/mol. The second-order valence-corrected chi connectivity index (χ2v) is 17.9. The first kappa shape index (κ1) is 44.0. The number of anilines is 4. The van der Waals surface area contributed by atoms with Gasteiger partial charge in [0.15, 0.2) is 0 Å². The number of carbonyl (C=O) groups is 1. The molecule has 0 saturated carbocycles. The van der Waals surface area contributed by atoms with Crippen molar-refractivity contribution in [1.82, 2.24) is 28.5 Å². The summed E-state index contributed by atoms with van der Waals surface area (Å²) in [6.45, 7) is 1.69. The number of nitrogens with zero attached hydrogens (tertiary/aromatic N) is 6. The summed E-state index contributed by atoms with van der Waals surface area (Å²) in [5.74, 6) is -0.243. The third kappa shape index (κ3) is 11.1. The predicted molar refractivity (Wildman–Crippen MR) is 219 cm³/mol. The summed E-state index contributed by atoms with van der Waals surface area (Å²) in [4.78, 5) is 29.8. The number of hydrogen-bond acceptors (Lipinski definition) is 16. The number of thiocarbonyl (C=S) groups is 1. The zero-order valence-corrected chi connectivity index (χ0v) is 34.6. The van der Waals surface area contributed by atoms with Crippen molar-refractivity contribution < 1.29 is 39.9 Å². The molecular weight excluding hydrogens is 819 g/mol. The number of methoxy groups -OCH3 is 2. The molecule has 2 aliphatic heterocycles. The fraction of sp³-hybridized carbons (Fsp3) is 0.389. The third-order valence-corrected chi connectivity index (χ3v) is 12.5. The summed E-state index contributed by atoms with van der Waals surface area (Å²) < 4.78 is 86.8. The van der Waals surface area contributed by atoms with E-state index in [1.54, 1.807) is 0 Å². The maximum absolute atomic E-state index is 13.7. The van der Waals surface area contributed by atoms with Crippen LogP contribution in [-0.2, 0) is 20.0 Å². The molecular formula is C36H44F2N10O7S3. The number of hydrogen-bond donors (Lipinski definition) is 4. The molecule has 2 aliphatic rings. The molecule has 4 heterocycles. The normalized spacial score (nSPS) is 15.8. The van der Waals surface area contributed by atoms with Crippen LogP contribution in [0.5, 0.6) is 11.5 Å². The summed E-state index contributed by atoms with van der Waals surface area (Å²) >= 11 is 5.45. The Morgan fingerprint density at radius 1 is 0.707 bits per heavy atom. The average Bonchev–Trinajstić information content (AvgIpc) is 3.17. The van der Waals surface area contributed by atoms with E-state index in [2.05, 4.69) is 30.6 Å². The van der Waals surface area contributed by atoms with Crippen molar-refractivity contribution in [3.63, 3.8) is 0 Å². The maximum Gasteiger partial charge on any atom is 0.224 e. The molecule has 0 bridgehead atoms. The monoisotopic (exact) mass is 862 g/mol. The van der Waals surface area contributed by atoms with E-state index < -0.39 is 37.5 Å². The molecule has 0 atom stereocenters. The van der Waals surface area contributed by atoms with Gasteiger partial charge in [0.1, 0.15) is 34.8 Å². The first-order chi connectivity index (χ1) is 27.4.